The minimum Gasteiger partial charge on any atom is -0.487 e. The van der Waals surface area contributed by atoms with Crippen molar-refractivity contribution in [1.82, 2.24) is 4.98 Å². The molecule has 0 amide bonds. The fraction of sp³-hybridized carbons (Fsp3) is 0.471. The molecule has 0 unspecified atom stereocenters. The highest BCUT2D eigenvalue weighted by Gasteiger charge is 2.21. The number of aromatic nitrogens is 1. The lowest BCUT2D eigenvalue weighted by atomic mass is 9.99. The van der Waals surface area contributed by atoms with Gasteiger partial charge in [0, 0.05) is 12.0 Å². The molecule has 0 spiro atoms. The van der Waals surface area contributed by atoms with Crippen molar-refractivity contribution in [2.75, 3.05) is 6.61 Å². The smallest absolute Gasteiger partial charge is 0.131 e. The first-order valence-electron chi connectivity index (χ1n) is 7.54. The predicted molar refractivity (Wildman–Crippen MR) is 86.1 cm³/mol. The lowest BCUT2D eigenvalue weighted by Gasteiger charge is -2.17. The Labute approximate surface area is 134 Å². The molecule has 22 heavy (non-hydrogen) atoms. The molecule has 3 rings (SSSR count). The summed E-state index contributed by atoms with van der Waals surface area (Å²) in [6.45, 7) is 4.82. The van der Waals surface area contributed by atoms with Crippen LogP contribution >= 0.6 is 11.3 Å². The first kappa shape index (κ1) is 15.5. The molecule has 0 radical (unpaired) electrons. The molecule has 5 heteroatoms. The van der Waals surface area contributed by atoms with Crippen molar-refractivity contribution >= 4 is 11.3 Å². The summed E-state index contributed by atoms with van der Waals surface area (Å²) < 4.78 is 11.4. The minimum atomic E-state index is -0.830. The molecule has 1 N–H and O–H groups in total. The van der Waals surface area contributed by atoms with Gasteiger partial charge in [-0.05, 0) is 44.4 Å². The van der Waals surface area contributed by atoms with Crippen molar-refractivity contribution in [3.63, 3.8) is 0 Å². The molecule has 1 aliphatic heterocycles. The third-order valence-corrected chi connectivity index (χ3v) is 4.71. The van der Waals surface area contributed by atoms with E-state index in [4.69, 9.17) is 9.47 Å². The quantitative estimate of drug-likeness (QED) is 0.910. The van der Waals surface area contributed by atoms with E-state index in [-0.39, 0.29) is 6.10 Å². The summed E-state index contributed by atoms with van der Waals surface area (Å²) in [6.07, 6.45) is 2.35. The maximum absolute atomic E-state index is 9.93. The zero-order valence-corrected chi connectivity index (χ0v) is 13.7. The van der Waals surface area contributed by atoms with Crippen LogP contribution in [0.3, 0.4) is 0 Å². The molecule has 0 aliphatic carbocycles. The molecular weight excluding hydrogens is 298 g/mol. The minimum absolute atomic E-state index is 0.171. The Hall–Kier alpha value is -1.43. The molecule has 118 valence electrons. The van der Waals surface area contributed by atoms with Gasteiger partial charge in [0.15, 0.2) is 0 Å². The second-order valence-corrected chi connectivity index (χ2v) is 6.94. The summed E-state index contributed by atoms with van der Waals surface area (Å²) in [6, 6.07) is 7.52. The zero-order valence-electron chi connectivity index (χ0n) is 12.9. The number of ether oxygens (including phenoxy) is 2. The van der Waals surface area contributed by atoms with Gasteiger partial charge in [-0.15, -0.1) is 11.3 Å². The van der Waals surface area contributed by atoms with Gasteiger partial charge < -0.3 is 14.6 Å². The monoisotopic (exact) mass is 319 g/mol. The van der Waals surface area contributed by atoms with Crippen LogP contribution in [0.15, 0.2) is 29.6 Å². The van der Waals surface area contributed by atoms with Gasteiger partial charge in [-0.2, -0.15) is 0 Å². The average molecular weight is 319 g/mol. The Morgan fingerprint density at radius 2 is 2.14 bits per heavy atom. The Morgan fingerprint density at radius 1 is 1.36 bits per heavy atom. The second kappa shape index (κ2) is 6.36. The summed E-state index contributed by atoms with van der Waals surface area (Å²) >= 11 is 1.64. The van der Waals surface area contributed by atoms with E-state index >= 15 is 0 Å². The maximum atomic E-state index is 9.93. The van der Waals surface area contributed by atoms with E-state index < -0.39 is 5.60 Å². The summed E-state index contributed by atoms with van der Waals surface area (Å²) in [7, 11) is 0. The Kier molecular flexibility index (Phi) is 4.47. The molecular formula is C17H21NO3S. The molecule has 1 atom stereocenters. The summed E-state index contributed by atoms with van der Waals surface area (Å²) in [5.41, 5.74) is 0.972. The van der Waals surface area contributed by atoms with Gasteiger partial charge >= 0.3 is 0 Å². The van der Waals surface area contributed by atoms with E-state index in [1.165, 1.54) is 0 Å². The number of nitrogens with zero attached hydrogens (tertiary/aromatic N) is 1. The molecule has 1 saturated heterocycles. The van der Waals surface area contributed by atoms with Gasteiger partial charge in [0.1, 0.15) is 23.5 Å². The van der Waals surface area contributed by atoms with Gasteiger partial charge in [0.05, 0.1) is 11.3 Å². The van der Waals surface area contributed by atoms with Gasteiger partial charge in [0.25, 0.3) is 0 Å². The standard InChI is InChI=1S/C17H21NO3S/c1-17(2,19)12-5-7-14(8-6-12)21-10-13-11-22-16(18-13)15-4-3-9-20-15/h5-8,11,15,19H,3-4,9-10H2,1-2H3/t15-/m0/s1. The Morgan fingerprint density at radius 3 is 2.77 bits per heavy atom. The molecule has 0 bridgehead atoms. The van der Waals surface area contributed by atoms with Gasteiger partial charge in [0.2, 0.25) is 0 Å². The SMILES string of the molecule is CC(C)(O)c1ccc(OCc2csc([C@@H]3CCCO3)n2)cc1. The maximum Gasteiger partial charge on any atom is 0.131 e. The fourth-order valence-electron chi connectivity index (χ4n) is 2.43. The topological polar surface area (TPSA) is 51.6 Å². The van der Waals surface area contributed by atoms with Gasteiger partial charge in [-0.25, -0.2) is 4.98 Å². The fourth-order valence-corrected chi connectivity index (χ4v) is 3.31. The number of thiazole rings is 1. The van der Waals surface area contributed by atoms with E-state index in [1.54, 1.807) is 25.2 Å². The van der Waals surface area contributed by atoms with Gasteiger partial charge in [-0.1, -0.05) is 12.1 Å². The normalized spacial score (nSPS) is 18.6. The van der Waals surface area contributed by atoms with E-state index in [9.17, 15) is 5.11 Å². The molecule has 1 aromatic carbocycles. The third kappa shape index (κ3) is 3.66. The lowest BCUT2D eigenvalue weighted by molar-refractivity contribution is 0.0785. The number of hydrogen-bond donors (Lipinski definition) is 1. The van der Waals surface area contributed by atoms with Crippen LogP contribution in [-0.4, -0.2) is 16.7 Å². The molecule has 1 fully saturated rings. The van der Waals surface area contributed by atoms with Crippen LogP contribution < -0.4 is 4.74 Å². The molecule has 4 nitrogen and oxygen atoms in total. The van der Waals surface area contributed by atoms with Crippen LogP contribution in [0, 0.1) is 0 Å². The highest BCUT2D eigenvalue weighted by Crippen LogP contribution is 2.31. The second-order valence-electron chi connectivity index (χ2n) is 6.05. The molecule has 1 aliphatic rings. The van der Waals surface area contributed by atoms with E-state index in [2.05, 4.69) is 4.98 Å². The van der Waals surface area contributed by atoms with Crippen molar-refractivity contribution in [2.24, 2.45) is 0 Å². The Balaban J connectivity index is 1.58. The van der Waals surface area contributed by atoms with E-state index in [0.29, 0.717) is 6.61 Å². The Bertz CT molecular complexity index is 610. The summed E-state index contributed by atoms with van der Waals surface area (Å²) in [5.74, 6) is 0.777. The average Bonchev–Trinajstić information content (AvgIpc) is 3.15. The molecule has 1 aromatic heterocycles. The van der Waals surface area contributed by atoms with Crippen LogP contribution in [-0.2, 0) is 16.9 Å². The summed E-state index contributed by atoms with van der Waals surface area (Å²) in [5, 5.41) is 13.0. The zero-order chi connectivity index (χ0) is 15.6. The number of hydrogen-bond acceptors (Lipinski definition) is 5. The van der Waals surface area contributed by atoms with Gasteiger partial charge in [-0.3, -0.25) is 0 Å². The highest BCUT2D eigenvalue weighted by atomic mass is 32.1. The first-order chi connectivity index (χ1) is 10.5. The number of aliphatic hydroxyl groups is 1. The number of rotatable bonds is 5. The van der Waals surface area contributed by atoms with Crippen molar-refractivity contribution in [3.8, 4) is 5.75 Å². The van der Waals surface area contributed by atoms with Crippen LogP contribution in [0.1, 0.15) is 49.1 Å². The largest absolute Gasteiger partial charge is 0.487 e. The van der Waals surface area contributed by atoms with Crippen LogP contribution in [0.25, 0.3) is 0 Å². The van der Waals surface area contributed by atoms with Crippen molar-refractivity contribution < 1.29 is 14.6 Å². The van der Waals surface area contributed by atoms with Crippen molar-refractivity contribution in [3.05, 3.63) is 45.9 Å². The van der Waals surface area contributed by atoms with Crippen LogP contribution in [0.5, 0.6) is 5.75 Å². The van der Waals surface area contributed by atoms with E-state index in [0.717, 1.165) is 41.5 Å². The lowest BCUT2D eigenvalue weighted by Crippen LogP contribution is -2.14. The summed E-state index contributed by atoms with van der Waals surface area (Å²) in [4.78, 5) is 4.59. The van der Waals surface area contributed by atoms with Crippen LogP contribution in [0.2, 0.25) is 0 Å². The highest BCUT2D eigenvalue weighted by molar-refractivity contribution is 7.09. The predicted octanol–water partition coefficient (Wildman–Crippen LogP) is 3.80. The first-order valence-corrected chi connectivity index (χ1v) is 8.42. The third-order valence-electron chi connectivity index (χ3n) is 3.72. The van der Waals surface area contributed by atoms with Crippen LogP contribution in [0.4, 0.5) is 0 Å². The van der Waals surface area contributed by atoms with Crippen molar-refractivity contribution in [2.45, 2.75) is 45.0 Å². The molecule has 0 saturated carbocycles. The molecule has 2 aromatic rings. The van der Waals surface area contributed by atoms with Crippen molar-refractivity contribution in [1.29, 1.82) is 0 Å². The van der Waals surface area contributed by atoms with E-state index in [1.807, 2.05) is 29.6 Å². The number of benzene rings is 1. The molecule has 2 heterocycles.